The molecule has 1 amide bonds. The standard InChI is InChI=1S/C23H20FN3O5S/c1-16-6-10-19(11-7-16)27(33(31,32)20-12-8-18(24)9-13-20)15-22(28)26-25-14-17-4-2-3-5-21(17)23(29)30/h2-14H,15H2,1H3,(H,26,28)(H,29,30)/b25-14-. The highest BCUT2D eigenvalue weighted by atomic mass is 32.2. The molecule has 0 saturated heterocycles. The van der Waals surface area contributed by atoms with E-state index in [4.69, 9.17) is 0 Å². The van der Waals surface area contributed by atoms with Gasteiger partial charge in [-0.05, 0) is 49.4 Å². The number of carbonyl (C=O) groups is 2. The predicted molar refractivity (Wildman–Crippen MR) is 121 cm³/mol. The van der Waals surface area contributed by atoms with E-state index >= 15 is 0 Å². The molecule has 0 unspecified atom stereocenters. The van der Waals surface area contributed by atoms with E-state index in [1.165, 1.54) is 12.1 Å². The van der Waals surface area contributed by atoms with E-state index in [2.05, 4.69) is 10.5 Å². The number of carboxylic acids is 1. The Kier molecular flexibility index (Phi) is 7.19. The second-order valence-corrected chi connectivity index (χ2v) is 8.85. The monoisotopic (exact) mass is 469 g/mol. The van der Waals surface area contributed by atoms with Gasteiger partial charge in [-0.25, -0.2) is 23.0 Å². The number of anilines is 1. The van der Waals surface area contributed by atoms with Gasteiger partial charge in [0, 0.05) is 5.56 Å². The van der Waals surface area contributed by atoms with Crippen LogP contribution in [0.2, 0.25) is 0 Å². The van der Waals surface area contributed by atoms with Crippen molar-refractivity contribution in [3.63, 3.8) is 0 Å². The van der Waals surface area contributed by atoms with E-state index in [9.17, 15) is 27.5 Å². The number of rotatable bonds is 8. The third kappa shape index (κ3) is 5.80. The Morgan fingerprint density at radius 1 is 1.03 bits per heavy atom. The number of amides is 1. The van der Waals surface area contributed by atoms with Crippen LogP contribution in [-0.2, 0) is 14.8 Å². The molecule has 8 nitrogen and oxygen atoms in total. The number of carbonyl (C=O) groups excluding carboxylic acids is 1. The minimum atomic E-state index is -4.20. The number of benzene rings is 3. The first-order valence-electron chi connectivity index (χ1n) is 9.67. The topological polar surface area (TPSA) is 116 Å². The molecule has 3 aromatic carbocycles. The van der Waals surface area contributed by atoms with E-state index in [1.54, 1.807) is 36.4 Å². The summed E-state index contributed by atoms with van der Waals surface area (Å²) in [5.41, 5.74) is 3.60. The van der Waals surface area contributed by atoms with Gasteiger partial charge in [0.2, 0.25) is 0 Å². The van der Waals surface area contributed by atoms with Crippen molar-refractivity contribution in [2.75, 3.05) is 10.8 Å². The van der Waals surface area contributed by atoms with Crippen LogP contribution in [0.15, 0.2) is 82.8 Å². The van der Waals surface area contributed by atoms with Crippen LogP contribution in [0.1, 0.15) is 21.5 Å². The number of hydrogen-bond donors (Lipinski definition) is 2. The summed E-state index contributed by atoms with van der Waals surface area (Å²) in [4.78, 5) is 23.6. The number of sulfonamides is 1. The SMILES string of the molecule is Cc1ccc(N(CC(=O)N/N=C\c2ccccc2C(=O)O)S(=O)(=O)c2ccc(F)cc2)cc1. The van der Waals surface area contributed by atoms with Crippen molar-refractivity contribution in [3.05, 3.63) is 95.3 Å². The molecule has 0 heterocycles. The Morgan fingerprint density at radius 2 is 1.67 bits per heavy atom. The summed E-state index contributed by atoms with van der Waals surface area (Å²) in [7, 11) is -4.20. The Labute approximate surface area is 190 Å². The highest BCUT2D eigenvalue weighted by Crippen LogP contribution is 2.24. The smallest absolute Gasteiger partial charge is 0.336 e. The van der Waals surface area contributed by atoms with Crippen LogP contribution in [0.25, 0.3) is 0 Å². The number of hydrazone groups is 1. The van der Waals surface area contributed by atoms with Gasteiger partial charge in [-0.15, -0.1) is 0 Å². The summed E-state index contributed by atoms with van der Waals surface area (Å²) in [6.45, 7) is 1.22. The van der Waals surface area contributed by atoms with Crippen LogP contribution in [0.5, 0.6) is 0 Å². The van der Waals surface area contributed by atoms with Gasteiger partial charge in [-0.1, -0.05) is 35.9 Å². The van der Waals surface area contributed by atoms with Gasteiger partial charge in [-0.3, -0.25) is 9.10 Å². The van der Waals surface area contributed by atoms with Gasteiger partial charge in [0.1, 0.15) is 12.4 Å². The number of carboxylic acid groups (broad SMARTS) is 1. The summed E-state index contributed by atoms with van der Waals surface area (Å²) in [5, 5.41) is 13.0. The molecule has 2 N–H and O–H groups in total. The molecule has 0 bridgehead atoms. The van der Waals surface area contributed by atoms with Gasteiger partial charge in [0.15, 0.2) is 0 Å². The quantitative estimate of drug-likeness (QED) is 0.388. The zero-order valence-corrected chi connectivity index (χ0v) is 18.3. The van der Waals surface area contributed by atoms with Crippen LogP contribution in [-0.4, -0.2) is 38.2 Å². The molecule has 3 aromatic rings. The Bertz CT molecular complexity index is 1290. The highest BCUT2D eigenvalue weighted by Gasteiger charge is 2.27. The highest BCUT2D eigenvalue weighted by molar-refractivity contribution is 7.92. The van der Waals surface area contributed by atoms with E-state index in [0.717, 1.165) is 40.3 Å². The van der Waals surface area contributed by atoms with Crippen molar-refractivity contribution < 1.29 is 27.5 Å². The zero-order valence-electron chi connectivity index (χ0n) is 17.5. The molecule has 0 aliphatic carbocycles. The fourth-order valence-electron chi connectivity index (χ4n) is 2.90. The summed E-state index contributed by atoms with van der Waals surface area (Å²) in [5.74, 6) is -2.51. The third-order valence-corrected chi connectivity index (χ3v) is 6.38. The fourth-order valence-corrected chi connectivity index (χ4v) is 4.32. The Hall–Kier alpha value is -4.05. The summed E-state index contributed by atoms with van der Waals surface area (Å²) >= 11 is 0. The number of aromatic carboxylic acids is 1. The number of nitrogens with one attached hydrogen (secondary N) is 1. The second kappa shape index (κ2) is 10.0. The Balaban J connectivity index is 1.85. The third-order valence-electron chi connectivity index (χ3n) is 4.59. The molecule has 0 radical (unpaired) electrons. The van der Waals surface area contributed by atoms with Crippen LogP contribution in [0, 0.1) is 12.7 Å². The van der Waals surface area contributed by atoms with E-state index in [0.29, 0.717) is 0 Å². The van der Waals surface area contributed by atoms with Crippen molar-refractivity contribution in [3.8, 4) is 0 Å². The number of aryl methyl sites for hydroxylation is 1. The molecular formula is C23H20FN3O5S. The molecule has 0 aromatic heterocycles. The summed E-state index contributed by atoms with van der Waals surface area (Å²) in [6.07, 6.45) is 1.16. The maximum Gasteiger partial charge on any atom is 0.336 e. The largest absolute Gasteiger partial charge is 0.478 e. The van der Waals surface area contributed by atoms with Gasteiger partial charge in [0.05, 0.1) is 22.4 Å². The first-order valence-corrected chi connectivity index (χ1v) is 11.1. The lowest BCUT2D eigenvalue weighted by molar-refractivity contribution is -0.119. The first-order chi connectivity index (χ1) is 15.7. The maximum absolute atomic E-state index is 13.3. The van der Waals surface area contributed by atoms with E-state index in [1.807, 2.05) is 6.92 Å². The number of halogens is 1. The maximum atomic E-state index is 13.3. The lowest BCUT2D eigenvalue weighted by atomic mass is 10.1. The molecule has 3 rings (SSSR count). The molecule has 0 aliphatic rings. The van der Waals surface area contributed by atoms with Gasteiger partial charge in [-0.2, -0.15) is 5.10 Å². The second-order valence-electron chi connectivity index (χ2n) is 6.99. The van der Waals surface area contributed by atoms with Crippen molar-refractivity contribution in [2.45, 2.75) is 11.8 Å². The lowest BCUT2D eigenvalue weighted by Gasteiger charge is -2.23. The van der Waals surface area contributed by atoms with Crippen molar-refractivity contribution in [1.29, 1.82) is 0 Å². The Morgan fingerprint density at radius 3 is 2.30 bits per heavy atom. The van der Waals surface area contributed by atoms with E-state index in [-0.39, 0.29) is 21.7 Å². The van der Waals surface area contributed by atoms with Crippen molar-refractivity contribution >= 4 is 33.8 Å². The lowest BCUT2D eigenvalue weighted by Crippen LogP contribution is -2.39. The minimum absolute atomic E-state index is 0.00401. The van der Waals surface area contributed by atoms with Crippen molar-refractivity contribution in [1.82, 2.24) is 5.43 Å². The van der Waals surface area contributed by atoms with Crippen LogP contribution < -0.4 is 9.73 Å². The molecule has 0 spiro atoms. The molecule has 0 aliphatic heterocycles. The molecule has 0 saturated carbocycles. The van der Waals surface area contributed by atoms with Crippen LogP contribution in [0.3, 0.4) is 0 Å². The molecule has 10 heteroatoms. The van der Waals surface area contributed by atoms with Crippen LogP contribution >= 0.6 is 0 Å². The summed E-state index contributed by atoms with van der Waals surface area (Å²) in [6, 6.07) is 16.8. The molecule has 33 heavy (non-hydrogen) atoms. The van der Waals surface area contributed by atoms with Gasteiger partial charge >= 0.3 is 5.97 Å². The van der Waals surface area contributed by atoms with Crippen molar-refractivity contribution in [2.24, 2.45) is 5.10 Å². The average Bonchev–Trinajstić information content (AvgIpc) is 2.78. The first kappa shape index (κ1) is 23.6. The zero-order chi connectivity index (χ0) is 24.0. The van der Waals surface area contributed by atoms with Gasteiger partial charge in [0.25, 0.3) is 15.9 Å². The minimum Gasteiger partial charge on any atom is -0.478 e. The number of nitrogens with zero attached hydrogens (tertiary/aromatic N) is 2. The molecule has 170 valence electrons. The molecule has 0 fully saturated rings. The predicted octanol–water partition coefficient (Wildman–Crippen LogP) is 3.18. The number of hydrogen-bond acceptors (Lipinski definition) is 5. The average molecular weight is 469 g/mol. The molecular weight excluding hydrogens is 449 g/mol. The summed E-state index contributed by atoms with van der Waals surface area (Å²) < 4.78 is 40.6. The van der Waals surface area contributed by atoms with E-state index < -0.39 is 34.3 Å². The normalized spacial score (nSPS) is 11.3. The van der Waals surface area contributed by atoms with Crippen LogP contribution in [0.4, 0.5) is 10.1 Å². The molecule has 0 atom stereocenters. The fraction of sp³-hybridized carbons (Fsp3) is 0.0870. The van der Waals surface area contributed by atoms with Gasteiger partial charge < -0.3 is 5.11 Å².